The number of imide groups is 1. The lowest BCUT2D eigenvalue weighted by molar-refractivity contribution is -0.140. The first-order chi connectivity index (χ1) is 23.0. The molecule has 48 heavy (non-hydrogen) atoms. The number of benzene rings is 4. The Morgan fingerprint density at radius 2 is 1.33 bits per heavy atom. The number of carbonyl (C=O) groups is 3. The number of carbonyl (C=O) groups excluding carboxylic acids is 3. The number of likely N-dealkylation sites (tertiary alicyclic amines) is 1. The van der Waals surface area contributed by atoms with Crippen molar-refractivity contribution in [3.63, 3.8) is 0 Å². The lowest BCUT2D eigenvalue weighted by Crippen LogP contribution is -2.57. The van der Waals surface area contributed by atoms with Crippen LogP contribution in [-0.2, 0) is 24.1 Å². The van der Waals surface area contributed by atoms with Crippen molar-refractivity contribution in [2.24, 2.45) is 11.8 Å². The molecular formula is C40H38Cl2N2O4. The van der Waals surface area contributed by atoms with Gasteiger partial charge >= 0.3 is 0 Å². The van der Waals surface area contributed by atoms with E-state index in [-0.39, 0.29) is 24.3 Å². The van der Waals surface area contributed by atoms with Crippen LogP contribution in [0.25, 0.3) is 0 Å². The zero-order valence-electron chi connectivity index (χ0n) is 27.3. The lowest BCUT2D eigenvalue weighted by atomic mass is 9.54. The average molecular weight is 682 g/mol. The first-order valence-electron chi connectivity index (χ1n) is 16.7. The summed E-state index contributed by atoms with van der Waals surface area (Å²) in [7, 11) is 0. The summed E-state index contributed by atoms with van der Waals surface area (Å²) in [5, 5.41) is 2.95. The standard InChI is InChI=1S/C40H38Cl2N2O4/c1-24(2)28-21-16-25(3)23-33(28)48-27-19-17-26(18-20-27)43-34(45)15-5-4-10-22-44-37(46)35-36(38(44)47)40(42)30-12-7-6-11-29(30)39(35,41)31-13-8-9-14-32(31)40/h6-9,11-14,16-21,23-24,35-36H,4-5,10,15,22H2,1-3H3,(H,43,45)/t35-,36-,39?,40?/m1/s1. The number of anilines is 1. The van der Waals surface area contributed by atoms with Crippen molar-refractivity contribution in [1.82, 2.24) is 4.90 Å². The van der Waals surface area contributed by atoms with Crippen molar-refractivity contribution >= 4 is 46.6 Å². The van der Waals surface area contributed by atoms with Gasteiger partial charge in [0, 0.05) is 18.7 Å². The molecule has 8 heteroatoms. The number of nitrogens with zero attached hydrogens (tertiary/aromatic N) is 1. The van der Waals surface area contributed by atoms with Gasteiger partial charge in [-0.05, 0) is 89.4 Å². The van der Waals surface area contributed by atoms with E-state index in [0.717, 1.165) is 39.1 Å². The largest absolute Gasteiger partial charge is 0.457 e. The summed E-state index contributed by atoms with van der Waals surface area (Å²) < 4.78 is 6.17. The third-order valence-corrected chi connectivity index (χ3v) is 11.4. The van der Waals surface area contributed by atoms with Crippen LogP contribution >= 0.6 is 23.2 Å². The monoisotopic (exact) mass is 680 g/mol. The number of aryl methyl sites for hydroxylation is 1. The van der Waals surface area contributed by atoms with Gasteiger partial charge in [0.2, 0.25) is 17.7 Å². The second-order valence-electron chi connectivity index (χ2n) is 13.5. The smallest absolute Gasteiger partial charge is 0.235 e. The molecule has 6 nitrogen and oxygen atoms in total. The van der Waals surface area contributed by atoms with E-state index in [4.69, 9.17) is 27.9 Å². The quantitative estimate of drug-likeness (QED) is 0.103. The number of halogens is 2. The van der Waals surface area contributed by atoms with Gasteiger partial charge in [0.1, 0.15) is 21.2 Å². The van der Waals surface area contributed by atoms with Gasteiger partial charge < -0.3 is 10.1 Å². The molecule has 4 aliphatic rings. The molecule has 8 rings (SSSR count). The zero-order valence-corrected chi connectivity index (χ0v) is 28.8. The van der Waals surface area contributed by atoms with E-state index in [9.17, 15) is 14.4 Å². The van der Waals surface area contributed by atoms with Gasteiger partial charge in [-0.2, -0.15) is 0 Å². The molecule has 0 unspecified atom stereocenters. The summed E-state index contributed by atoms with van der Waals surface area (Å²) in [5.41, 5.74) is 6.15. The van der Waals surface area contributed by atoms with Gasteiger partial charge in [0.25, 0.3) is 0 Å². The molecule has 1 N–H and O–H groups in total. The Bertz CT molecular complexity index is 1800. The molecule has 1 fully saturated rings. The van der Waals surface area contributed by atoms with Gasteiger partial charge in [-0.25, -0.2) is 0 Å². The molecule has 4 aromatic carbocycles. The second kappa shape index (κ2) is 12.4. The number of hydrogen-bond acceptors (Lipinski definition) is 4. The topological polar surface area (TPSA) is 75.7 Å². The number of ether oxygens (including phenoxy) is 1. The molecule has 1 heterocycles. The first kappa shape index (κ1) is 32.4. The van der Waals surface area contributed by atoms with Crippen molar-refractivity contribution in [3.05, 3.63) is 124 Å². The molecule has 1 saturated heterocycles. The Hall–Kier alpha value is -4.13. The third kappa shape index (κ3) is 5.12. The van der Waals surface area contributed by atoms with Crippen LogP contribution in [-0.4, -0.2) is 29.2 Å². The SMILES string of the molecule is Cc1ccc(C(C)C)c(Oc2ccc(NC(=O)CCCCCN3C(=O)[C@H]4[C@H](C3=O)C3(Cl)c5ccccc5C4(Cl)c4ccccc43)cc2)c1. The van der Waals surface area contributed by atoms with Crippen LogP contribution in [0, 0.1) is 18.8 Å². The van der Waals surface area contributed by atoms with E-state index in [0.29, 0.717) is 43.0 Å². The highest BCUT2D eigenvalue weighted by Gasteiger charge is 2.72. The van der Waals surface area contributed by atoms with Crippen molar-refractivity contribution < 1.29 is 19.1 Å². The molecule has 0 saturated carbocycles. The number of unbranched alkanes of at least 4 members (excludes halogenated alkanes) is 2. The normalized spacial score (nSPS) is 23.6. The Kier molecular flexibility index (Phi) is 8.37. The van der Waals surface area contributed by atoms with Gasteiger partial charge in [-0.3, -0.25) is 19.3 Å². The molecule has 2 atom stereocenters. The highest BCUT2D eigenvalue weighted by atomic mass is 35.5. The van der Waals surface area contributed by atoms with Gasteiger partial charge in [-0.1, -0.05) is 80.9 Å². The average Bonchev–Trinajstić information content (AvgIpc) is 3.34. The van der Waals surface area contributed by atoms with E-state index in [1.807, 2.05) is 85.8 Å². The summed E-state index contributed by atoms with van der Waals surface area (Å²) in [6.45, 7) is 6.58. The number of amides is 3. The maximum atomic E-state index is 14.0. The molecule has 0 aromatic heterocycles. The predicted molar refractivity (Wildman–Crippen MR) is 189 cm³/mol. The van der Waals surface area contributed by atoms with E-state index in [1.165, 1.54) is 4.90 Å². The number of hydrogen-bond donors (Lipinski definition) is 1. The fourth-order valence-electron chi connectivity index (χ4n) is 7.84. The van der Waals surface area contributed by atoms with Crippen LogP contribution < -0.4 is 10.1 Å². The van der Waals surface area contributed by atoms with Crippen LogP contribution in [0.4, 0.5) is 5.69 Å². The van der Waals surface area contributed by atoms with Crippen LogP contribution in [0.1, 0.15) is 78.8 Å². The van der Waals surface area contributed by atoms with Crippen LogP contribution in [0.3, 0.4) is 0 Å². The number of nitrogens with one attached hydrogen (secondary N) is 1. The van der Waals surface area contributed by atoms with E-state index in [1.54, 1.807) is 0 Å². The van der Waals surface area contributed by atoms with Gasteiger partial charge in [0.15, 0.2) is 0 Å². The maximum Gasteiger partial charge on any atom is 0.235 e. The molecule has 0 radical (unpaired) electrons. The third-order valence-electron chi connectivity index (χ3n) is 10.1. The Morgan fingerprint density at radius 3 is 1.85 bits per heavy atom. The molecule has 3 aliphatic carbocycles. The number of rotatable bonds is 10. The summed E-state index contributed by atoms with van der Waals surface area (Å²) >= 11 is 15.0. The minimum absolute atomic E-state index is 0.0935. The fourth-order valence-corrected chi connectivity index (χ4v) is 8.94. The molecular weight excluding hydrogens is 643 g/mol. The van der Waals surface area contributed by atoms with Crippen LogP contribution in [0.15, 0.2) is 91.0 Å². The van der Waals surface area contributed by atoms with Crippen molar-refractivity contribution in [2.45, 2.75) is 62.1 Å². The molecule has 0 spiro atoms. The minimum Gasteiger partial charge on any atom is -0.457 e. The van der Waals surface area contributed by atoms with Crippen molar-refractivity contribution in [1.29, 1.82) is 0 Å². The minimum atomic E-state index is -1.17. The summed E-state index contributed by atoms with van der Waals surface area (Å²) in [5.74, 6) is -0.345. The predicted octanol–water partition coefficient (Wildman–Crippen LogP) is 9.00. The Morgan fingerprint density at radius 1 is 0.792 bits per heavy atom. The molecule has 1 aliphatic heterocycles. The fraction of sp³-hybridized carbons (Fsp3) is 0.325. The first-order valence-corrected chi connectivity index (χ1v) is 17.4. The zero-order chi connectivity index (χ0) is 33.8. The van der Waals surface area contributed by atoms with Crippen LogP contribution in [0.5, 0.6) is 11.5 Å². The van der Waals surface area contributed by atoms with Crippen molar-refractivity contribution in [3.8, 4) is 11.5 Å². The summed E-state index contributed by atoms with van der Waals surface area (Å²) in [6, 6.07) is 28.9. The Labute approximate surface area is 291 Å². The van der Waals surface area contributed by atoms with Gasteiger partial charge in [-0.15, -0.1) is 23.2 Å². The number of alkyl halides is 2. The Balaban J connectivity index is 0.943. The maximum absolute atomic E-state index is 14.0. The molecule has 2 bridgehead atoms. The second-order valence-corrected chi connectivity index (χ2v) is 14.7. The summed E-state index contributed by atoms with van der Waals surface area (Å²) in [4.78, 5) is 39.6. The van der Waals surface area contributed by atoms with Gasteiger partial charge in [0.05, 0.1) is 11.8 Å². The molecule has 246 valence electrons. The highest BCUT2D eigenvalue weighted by molar-refractivity contribution is 6.36. The van der Waals surface area contributed by atoms with E-state index < -0.39 is 21.6 Å². The highest BCUT2D eigenvalue weighted by Crippen LogP contribution is 2.69. The molecule has 4 aromatic rings. The van der Waals surface area contributed by atoms with Crippen LogP contribution in [0.2, 0.25) is 0 Å². The van der Waals surface area contributed by atoms with E-state index >= 15 is 0 Å². The lowest BCUT2D eigenvalue weighted by Gasteiger charge is -2.54. The molecule has 3 amide bonds. The van der Waals surface area contributed by atoms with E-state index in [2.05, 4.69) is 31.3 Å². The van der Waals surface area contributed by atoms with Crippen molar-refractivity contribution in [2.75, 3.05) is 11.9 Å². The summed E-state index contributed by atoms with van der Waals surface area (Å²) in [6.07, 6.45) is 2.21.